The summed E-state index contributed by atoms with van der Waals surface area (Å²) in [6, 6.07) is 10.4. The first-order chi connectivity index (χ1) is 8.25. The number of thioether (sulfide) groups is 1. The van der Waals surface area contributed by atoms with Crippen LogP contribution in [0, 0.1) is 11.8 Å². The highest BCUT2D eigenvalue weighted by Gasteiger charge is 2.24. The van der Waals surface area contributed by atoms with Crippen LogP contribution < -0.4 is 0 Å². The fraction of sp³-hybridized carbons (Fsp3) is 0.600. The van der Waals surface area contributed by atoms with Crippen molar-refractivity contribution in [2.75, 3.05) is 5.75 Å². The number of rotatable bonds is 4. The van der Waals surface area contributed by atoms with Crippen LogP contribution in [-0.4, -0.2) is 17.0 Å². The molecule has 2 heteroatoms. The van der Waals surface area contributed by atoms with Crippen LogP contribution in [0.3, 0.4) is 0 Å². The van der Waals surface area contributed by atoms with Gasteiger partial charge in [-0.15, -0.1) is 11.8 Å². The van der Waals surface area contributed by atoms with Gasteiger partial charge in [-0.05, 0) is 36.8 Å². The molecule has 1 aliphatic carbocycles. The van der Waals surface area contributed by atoms with Gasteiger partial charge >= 0.3 is 0 Å². The summed E-state index contributed by atoms with van der Waals surface area (Å²) in [5.41, 5.74) is 0. The molecule has 0 aliphatic heterocycles. The van der Waals surface area contributed by atoms with Crippen LogP contribution in [0.5, 0.6) is 0 Å². The second-order valence-electron chi connectivity index (χ2n) is 5.21. The first-order valence-corrected chi connectivity index (χ1v) is 7.60. The SMILES string of the molecule is CC1CCC(C(O)CSc2ccccc2)CC1. The minimum atomic E-state index is -0.132. The fourth-order valence-electron chi connectivity index (χ4n) is 2.51. The monoisotopic (exact) mass is 250 g/mol. The number of hydrogen-bond donors (Lipinski definition) is 1. The largest absolute Gasteiger partial charge is 0.392 e. The first kappa shape index (κ1) is 13.0. The summed E-state index contributed by atoms with van der Waals surface area (Å²) in [7, 11) is 0. The minimum Gasteiger partial charge on any atom is -0.392 e. The Labute approximate surface area is 109 Å². The van der Waals surface area contributed by atoms with Gasteiger partial charge < -0.3 is 5.11 Å². The Morgan fingerprint density at radius 1 is 1.18 bits per heavy atom. The predicted octanol–water partition coefficient (Wildman–Crippen LogP) is 3.97. The van der Waals surface area contributed by atoms with Crippen molar-refractivity contribution in [1.82, 2.24) is 0 Å². The Bertz CT molecular complexity index is 317. The van der Waals surface area contributed by atoms with E-state index in [9.17, 15) is 5.11 Å². The summed E-state index contributed by atoms with van der Waals surface area (Å²) in [6.45, 7) is 2.32. The topological polar surface area (TPSA) is 20.2 Å². The molecule has 1 aromatic rings. The number of aliphatic hydroxyl groups is 1. The fourth-order valence-corrected chi connectivity index (χ4v) is 3.49. The Hall–Kier alpha value is -0.470. The summed E-state index contributed by atoms with van der Waals surface area (Å²) in [5, 5.41) is 10.2. The molecule has 1 unspecified atom stereocenters. The van der Waals surface area contributed by atoms with E-state index in [4.69, 9.17) is 0 Å². The molecule has 1 saturated carbocycles. The van der Waals surface area contributed by atoms with Gasteiger partial charge in [0.2, 0.25) is 0 Å². The normalized spacial score (nSPS) is 26.7. The average Bonchev–Trinajstić information content (AvgIpc) is 2.38. The maximum absolute atomic E-state index is 10.2. The Morgan fingerprint density at radius 2 is 1.82 bits per heavy atom. The van der Waals surface area contributed by atoms with Crippen LogP contribution in [0.4, 0.5) is 0 Å². The molecule has 0 radical (unpaired) electrons. The second kappa shape index (κ2) is 6.46. The summed E-state index contributed by atoms with van der Waals surface area (Å²) >= 11 is 1.77. The van der Waals surface area contributed by atoms with Crippen molar-refractivity contribution in [2.24, 2.45) is 11.8 Å². The molecule has 1 N–H and O–H groups in total. The van der Waals surface area contributed by atoms with E-state index in [2.05, 4.69) is 31.2 Å². The van der Waals surface area contributed by atoms with Gasteiger partial charge in [-0.1, -0.05) is 38.0 Å². The molecule has 0 aromatic heterocycles. The van der Waals surface area contributed by atoms with E-state index < -0.39 is 0 Å². The molecule has 2 rings (SSSR count). The van der Waals surface area contributed by atoms with Crippen molar-refractivity contribution >= 4 is 11.8 Å². The summed E-state index contributed by atoms with van der Waals surface area (Å²) in [5.74, 6) is 2.23. The highest BCUT2D eigenvalue weighted by molar-refractivity contribution is 7.99. The van der Waals surface area contributed by atoms with E-state index in [1.165, 1.54) is 30.6 Å². The maximum atomic E-state index is 10.2. The zero-order valence-electron chi connectivity index (χ0n) is 10.5. The van der Waals surface area contributed by atoms with E-state index in [0.29, 0.717) is 5.92 Å². The number of benzene rings is 1. The lowest BCUT2D eigenvalue weighted by Crippen LogP contribution is -2.26. The molecule has 0 spiro atoms. The molecule has 17 heavy (non-hydrogen) atoms. The summed E-state index contributed by atoms with van der Waals surface area (Å²) in [4.78, 5) is 1.26. The minimum absolute atomic E-state index is 0.132. The second-order valence-corrected chi connectivity index (χ2v) is 6.30. The van der Waals surface area contributed by atoms with Gasteiger partial charge in [-0.3, -0.25) is 0 Å². The Kier molecular flexibility index (Phi) is 4.93. The molecule has 0 heterocycles. The lowest BCUT2D eigenvalue weighted by Gasteiger charge is -2.29. The first-order valence-electron chi connectivity index (χ1n) is 6.61. The predicted molar refractivity (Wildman–Crippen MR) is 74.3 cm³/mol. The van der Waals surface area contributed by atoms with Gasteiger partial charge in [0.1, 0.15) is 0 Å². The van der Waals surface area contributed by atoms with Crippen LogP contribution in [-0.2, 0) is 0 Å². The van der Waals surface area contributed by atoms with Crippen LogP contribution in [0.15, 0.2) is 35.2 Å². The standard InChI is InChI=1S/C15H22OS/c1-12-7-9-13(10-8-12)15(16)11-17-14-5-3-2-4-6-14/h2-6,12-13,15-16H,7-11H2,1H3. The summed E-state index contributed by atoms with van der Waals surface area (Å²) in [6.07, 6.45) is 4.86. The average molecular weight is 250 g/mol. The third-order valence-electron chi connectivity index (χ3n) is 3.77. The van der Waals surface area contributed by atoms with Crippen molar-refractivity contribution in [1.29, 1.82) is 0 Å². The number of hydrogen-bond acceptors (Lipinski definition) is 2. The van der Waals surface area contributed by atoms with E-state index >= 15 is 0 Å². The van der Waals surface area contributed by atoms with E-state index in [-0.39, 0.29) is 6.10 Å². The molecule has 0 amide bonds. The molecular weight excluding hydrogens is 228 g/mol. The van der Waals surface area contributed by atoms with E-state index in [1.807, 2.05) is 6.07 Å². The highest BCUT2D eigenvalue weighted by atomic mass is 32.2. The van der Waals surface area contributed by atoms with Crippen LogP contribution in [0.2, 0.25) is 0 Å². The Balaban J connectivity index is 1.75. The van der Waals surface area contributed by atoms with Crippen LogP contribution in [0.25, 0.3) is 0 Å². The van der Waals surface area contributed by atoms with Crippen molar-refractivity contribution in [2.45, 2.75) is 43.6 Å². The molecule has 0 bridgehead atoms. The molecule has 94 valence electrons. The van der Waals surface area contributed by atoms with Crippen molar-refractivity contribution in [3.8, 4) is 0 Å². The number of aliphatic hydroxyl groups excluding tert-OH is 1. The van der Waals surface area contributed by atoms with Gasteiger partial charge in [-0.2, -0.15) is 0 Å². The quantitative estimate of drug-likeness (QED) is 0.816. The van der Waals surface area contributed by atoms with E-state index in [0.717, 1.165) is 11.7 Å². The molecule has 1 aliphatic rings. The van der Waals surface area contributed by atoms with Gasteiger partial charge in [-0.25, -0.2) is 0 Å². The van der Waals surface area contributed by atoms with Gasteiger partial charge in [0.15, 0.2) is 0 Å². The van der Waals surface area contributed by atoms with Crippen molar-refractivity contribution in [3.05, 3.63) is 30.3 Å². The third-order valence-corrected chi connectivity index (χ3v) is 4.88. The van der Waals surface area contributed by atoms with Gasteiger partial charge in [0.05, 0.1) is 6.10 Å². The van der Waals surface area contributed by atoms with Crippen LogP contribution in [0.1, 0.15) is 32.6 Å². The molecule has 1 atom stereocenters. The lowest BCUT2D eigenvalue weighted by molar-refractivity contribution is 0.0946. The lowest BCUT2D eigenvalue weighted by atomic mass is 9.81. The van der Waals surface area contributed by atoms with Gasteiger partial charge in [0, 0.05) is 10.6 Å². The van der Waals surface area contributed by atoms with Crippen molar-refractivity contribution in [3.63, 3.8) is 0 Å². The smallest absolute Gasteiger partial charge is 0.0662 e. The molecule has 1 fully saturated rings. The highest BCUT2D eigenvalue weighted by Crippen LogP contribution is 2.32. The van der Waals surface area contributed by atoms with E-state index in [1.54, 1.807) is 11.8 Å². The molecule has 1 nitrogen and oxygen atoms in total. The molecule has 1 aromatic carbocycles. The zero-order chi connectivity index (χ0) is 12.1. The third kappa shape index (κ3) is 4.04. The zero-order valence-corrected chi connectivity index (χ0v) is 11.3. The Morgan fingerprint density at radius 3 is 2.47 bits per heavy atom. The van der Waals surface area contributed by atoms with Crippen LogP contribution >= 0.6 is 11.8 Å². The summed E-state index contributed by atoms with van der Waals surface area (Å²) < 4.78 is 0. The maximum Gasteiger partial charge on any atom is 0.0662 e. The molecular formula is C15H22OS. The molecule has 0 saturated heterocycles. The van der Waals surface area contributed by atoms with Gasteiger partial charge in [0.25, 0.3) is 0 Å². The van der Waals surface area contributed by atoms with Crippen molar-refractivity contribution < 1.29 is 5.11 Å².